The van der Waals surface area contributed by atoms with Crippen LogP contribution >= 0.6 is 11.6 Å². The first-order valence-corrected chi connectivity index (χ1v) is 8.11. The predicted octanol–water partition coefficient (Wildman–Crippen LogP) is 1.90. The molecule has 8 nitrogen and oxygen atoms in total. The Morgan fingerprint density at radius 3 is 2.72 bits per heavy atom. The molecule has 3 aromatic rings. The SMILES string of the molecule is CCn1c(CNC(=O)c2nc(Cl)c(N)nc2N)nc2ccc(C)cc21. The number of nitrogen functional groups attached to an aromatic ring is 2. The topological polar surface area (TPSA) is 125 Å². The molecule has 1 amide bonds. The van der Waals surface area contributed by atoms with Crippen LogP contribution < -0.4 is 16.8 Å². The van der Waals surface area contributed by atoms with Crippen LogP contribution in [0.2, 0.25) is 5.15 Å². The van der Waals surface area contributed by atoms with Crippen LogP contribution in [0.3, 0.4) is 0 Å². The number of halogens is 1. The van der Waals surface area contributed by atoms with Gasteiger partial charge in [-0.15, -0.1) is 0 Å². The second-order valence-electron chi connectivity index (χ2n) is 5.58. The molecule has 0 aliphatic heterocycles. The lowest BCUT2D eigenvalue weighted by Crippen LogP contribution is -2.27. The van der Waals surface area contributed by atoms with Gasteiger partial charge in [-0.05, 0) is 31.5 Å². The lowest BCUT2D eigenvalue weighted by atomic mass is 10.2. The number of carbonyl (C=O) groups excluding carboxylic acids is 1. The zero-order valence-corrected chi connectivity index (χ0v) is 14.6. The number of nitrogens with one attached hydrogen (secondary N) is 1. The van der Waals surface area contributed by atoms with Crippen molar-refractivity contribution >= 4 is 40.2 Å². The first-order valence-electron chi connectivity index (χ1n) is 7.73. The van der Waals surface area contributed by atoms with E-state index in [0.29, 0.717) is 0 Å². The van der Waals surface area contributed by atoms with Gasteiger partial charge >= 0.3 is 0 Å². The summed E-state index contributed by atoms with van der Waals surface area (Å²) in [5.41, 5.74) is 14.2. The second kappa shape index (κ2) is 6.56. The molecule has 0 aliphatic rings. The Bertz CT molecular complexity index is 967. The molecule has 0 spiro atoms. The molecule has 0 saturated heterocycles. The van der Waals surface area contributed by atoms with E-state index >= 15 is 0 Å². The van der Waals surface area contributed by atoms with Crippen molar-refractivity contribution in [2.75, 3.05) is 11.5 Å². The van der Waals surface area contributed by atoms with Gasteiger partial charge in [0.15, 0.2) is 22.5 Å². The van der Waals surface area contributed by atoms with Crippen LogP contribution in [-0.4, -0.2) is 25.4 Å². The molecule has 0 bridgehead atoms. The summed E-state index contributed by atoms with van der Waals surface area (Å²) in [4.78, 5) is 24.6. The molecule has 0 atom stereocenters. The number of aromatic nitrogens is 4. The number of hydrogen-bond acceptors (Lipinski definition) is 6. The van der Waals surface area contributed by atoms with Gasteiger partial charge in [-0.3, -0.25) is 4.79 Å². The van der Waals surface area contributed by atoms with Crippen molar-refractivity contribution in [2.45, 2.75) is 26.9 Å². The van der Waals surface area contributed by atoms with Gasteiger partial charge in [0.2, 0.25) is 0 Å². The van der Waals surface area contributed by atoms with E-state index < -0.39 is 5.91 Å². The minimum Gasteiger partial charge on any atom is -0.382 e. The molecule has 0 saturated carbocycles. The molecular weight excluding hydrogens is 342 g/mol. The standard InChI is InChI=1S/C16H18ClN7O/c1-3-24-10-6-8(2)4-5-9(10)21-11(24)7-20-16(25)12-14(18)23-15(19)13(17)22-12/h4-6H,3,7H2,1-2H3,(H,20,25)(H4,18,19,23). The third kappa shape index (κ3) is 3.20. The van der Waals surface area contributed by atoms with Crippen LogP contribution in [0.25, 0.3) is 11.0 Å². The molecule has 2 heterocycles. The van der Waals surface area contributed by atoms with Crippen molar-refractivity contribution in [3.8, 4) is 0 Å². The van der Waals surface area contributed by atoms with Crippen molar-refractivity contribution in [1.29, 1.82) is 0 Å². The number of rotatable bonds is 4. The van der Waals surface area contributed by atoms with E-state index in [4.69, 9.17) is 23.1 Å². The number of hydrogen-bond donors (Lipinski definition) is 3. The number of nitrogens with two attached hydrogens (primary N) is 2. The maximum Gasteiger partial charge on any atom is 0.274 e. The van der Waals surface area contributed by atoms with Gasteiger partial charge in [0.05, 0.1) is 17.6 Å². The molecule has 0 radical (unpaired) electrons. The number of fused-ring (bicyclic) bond motifs is 1. The molecule has 0 fully saturated rings. The molecule has 9 heteroatoms. The summed E-state index contributed by atoms with van der Waals surface area (Å²) in [6.45, 7) is 5.02. The zero-order valence-electron chi connectivity index (χ0n) is 13.9. The first-order chi connectivity index (χ1) is 11.9. The maximum atomic E-state index is 12.3. The molecule has 2 aromatic heterocycles. The Morgan fingerprint density at radius 1 is 1.24 bits per heavy atom. The fraction of sp³-hybridized carbons (Fsp3) is 0.250. The summed E-state index contributed by atoms with van der Waals surface area (Å²) in [7, 11) is 0. The van der Waals surface area contributed by atoms with Gasteiger partial charge in [-0.2, -0.15) is 0 Å². The van der Waals surface area contributed by atoms with E-state index in [2.05, 4.69) is 26.3 Å². The summed E-state index contributed by atoms with van der Waals surface area (Å²) in [6, 6.07) is 6.04. The Hall–Kier alpha value is -2.87. The van der Waals surface area contributed by atoms with Crippen molar-refractivity contribution in [3.05, 3.63) is 40.4 Å². The second-order valence-corrected chi connectivity index (χ2v) is 5.94. The summed E-state index contributed by atoms with van der Waals surface area (Å²) < 4.78 is 2.05. The third-order valence-corrected chi connectivity index (χ3v) is 4.10. The van der Waals surface area contributed by atoms with Crippen molar-refractivity contribution in [2.24, 2.45) is 0 Å². The fourth-order valence-corrected chi connectivity index (χ4v) is 2.75. The first kappa shape index (κ1) is 17.0. The average Bonchev–Trinajstić information content (AvgIpc) is 2.92. The van der Waals surface area contributed by atoms with Crippen LogP contribution in [0.15, 0.2) is 18.2 Å². The molecule has 130 valence electrons. The minimum absolute atomic E-state index is 0.0149. The number of carbonyl (C=O) groups is 1. The van der Waals surface area contributed by atoms with E-state index in [1.165, 1.54) is 0 Å². The number of amides is 1. The zero-order chi connectivity index (χ0) is 18.1. The van der Waals surface area contributed by atoms with Crippen LogP contribution in [0, 0.1) is 6.92 Å². The largest absolute Gasteiger partial charge is 0.382 e. The van der Waals surface area contributed by atoms with Crippen molar-refractivity contribution in [3.63, 3.8) is 0 Å². The highest BCUT2D eigenvalue weighted by atomic mass is 35.5. The van der Waals surface area contributed by atoms with Crippen LogP contribution in [0.4, 0.5) is 11.6 Å². The third-order valence-electron chi connectivity index (χ3n) is 3.83. The van der Waals surface area contributed by atoms with E-state index in [9.17, 15) is 4.79 Å². The Labute approximate surface area is 149 Å². The lowest BCUT2D eigenvalue weighted by Gasteiger charge is -2.09. The quantitative estimate of drug-likeness (QED) is 0.653. The molecule has 3 rings (SSSR count). The monoisotopic (exact) mass is 359 g/mol. The maximum absolute atomic E-state index is 12.3. The van der Waals surface area contributed by atoms with Crippen molar-refractivity contribution in [1.82, 2.24) is 24.8 Å². The highest BCUT2D eigenvalue weighted by Crippen LogP contribution is 2.19. The van der Waals surface area contributed by atoms with Gasteiger partial charge < -0.3 is 21.4 Å². The summed E-state index contributed by atoms with van der Waals surface area (Å²) in [6.07, 6.45) is 0. The molecule has 5 N–H and O–H groups in total. The van der Waals surface area contributed by atoms with Gasteiger partial charge in [-0.1, -0.05) is 17.7 Å². The highest BCUT2D eigenvalue weighted by Gasteiger charge is 2.17. The van der Waals surface area contributed by atoms with Gasteiger partial charge in [-0.25, -0.2) is 15.0 Å². The summed E-state index contributed by atoms with van der Waals surface area (Å²) in [5.74, 6) is 0.167. The van der Waals surface area contributed by atoms with E-state index in [1.807, 2.05) is 30.5 Å². The number of imidazole rings is 1. The fourth-order valence-electron chi connectivity index (χ4n) is 2.62. The molecule has 0 aliphatic carbocycles. The number of anilines is 2. The number of benzene rings is 1. The average molecular weight is 360 g/mol. The minimum atomic E-state index is -0.488. The number of nitrogens with zero attached hydrogens (tertiary/aromatic N) is 4. The number of aryl methyl sites for hydroxylation is 2. The molecule has 25 heavy (non-hydrogen) atoms. The van der Waals surface area contributed by atoms with Gasteiger partial charge in [0, 0.05) is 6.54 Å². The van der Waals surface area contributed by atoms with Crippen LogP contribution in [0.5, 0.6) is 0 Å². The Morgan fingerprint density at radius 2 is 2.00 bits per heavy atom. The molecular formula is C16H18ClN7O. The highest BCUT2D eigenvalue weighted by molar-refractivity contribution is 6.31. The van der Waals surface area contributed by atoms with Crippen LogP contribution in [-0.2, 0) is 13.1 Å². The molecule has 0 unspecified atom stereocenters. The van der Waals surface area contributed by atoms with Gasteiger partial charge in [0.25, 0.3) is 5.91 Å². The Kier molecular flexibility index (Phi) is 4.45. The van der Waals surface area contributed by atoms with Crippen LogP contribution in [0.1, 0.15) is 28.8 Å². The lowest BCUT2D eigenvalue weighted by molar-refractivity contribution is 0.0945. The Balaban J connectivity index is 1.85. The van der Waals surface area contributed by atoms with E-state index in [-0.39, 0.29) is 29.0 Å². The smallest absolute Gasteiger partial charge is 0.274 e. The predicted molar refractivity (Wildman–Crippen MR) is 97.2 cm³/mol. The normalized spacial score (nSPS) is 11.0. The van der Waals surface area contributed by atoms with E-state index in [0.717, 1.165) is 29.0 Å². The van der Waals surface area contributed by atoms with E-state index in [1.54, 1.807) is 0 Å². The van der Waals surface area contributed by atoms with Crippen molar-refractivity contribution < 1.29 is 4.79 Å². The summed E-state index contributed by atoms with van der Waals surface area (Å²) >= 11 is 5.81. The molecule has 1 aromatic carbocycles. The summed E-state index contributed by atoms with van der Waals surface area (Å²) in [5, 5.41) is 2.69. The van der Waals surface area contributed by atoms with Gasteiger partial charge in [0.1, 0.15) is 5.82 Å².